The molecule has 1 fully saturated rings. The van der Waals surface area contributed by atoms with Gasteiger partial charge in [-0.1, -0.05) is 49.6 Å². The van der Waals surface area contributed by atoms with Crippen molar-refractivity contribution < 1.29 is 4.79 Å². The molecule has 1 aliphatic rings. The zero-order valence-electron chi connectivity index (χ0n) is 11.3. The van der Waals surface area contributed by atoms with Gasteiger partial charge in [-0.05, 0) is 24.3 Å². The standard InChI is InChI=1S/C16H22ClNO/c17-12-15(14-9-5-2-6-10-14)18-16(19)11-13-7-3-1-4-8-13/h2,5-6,9-10,13,15H,1,3-4,7-8,11-12H2,(H,18,19). The minimum Gasteiger partial charge on any atom is -0.348 e. The molecule has 0 aliphatic heterocycles. The van der Waals surface area contributed by atoms with Gasteiger partial charge in [-0.15, -0.1) is 11.6 Å². The van der Waals surface area contributed by atoms with E-state index in [1.54, 1.807) is 0 Å². The number of hydrogen-bond donors (Lipinski definition) is 1. The number of carbonyl (C=O) groups excluding carboxylic acids is 1. The van der Waals surface area contributed by atoms with Crippen LogP contribution in [0.2, 0.25) is 0 Å². The van der Waals surface area contributed by atoms with E-state index in [9.17, 15) is 4.79 Å². The average Bonchev–Trinajstić information content (AvgIpc) is 2.47. The van der Waals surface area contributed by atoms with E-state index in [4.69, 9.17) is 11.6 Å². The van der Waals surface area contributed by atoms with Gasteiger partial charge in [0.05, 0.1) is 6.04 Å². The molecular weight excluding hydrogens is 258 g/mol. The lowest BCUT2D eigenvalue weighted by molar-refractivity contribution is -0.122. The minimum atomic E-state index is -0.0704. The largest absolute Gasteiger partial charge is 0.348 e. The summed E-state index contributed by atoms with van der Waals surface area (Å²) in [6.45, 7) is 0. The Balaban J connectivity index is 1.85. The van der Waals surface area contributed by atoms with Gasteiger partial charge in [-0.2, -0.15) is 0 Å². The van der Waals surface area contributed by atoms with E-state index in [0.29, 0.717) is 18.2 Å². The van der Waals surface area contributed by atoms with Crippen molar-refractivity contribution in [2.45, 2.75) is 44.6 Å². The maximum absolute atomic E-state index is 12.1. The van der Waals surface area contributed by atoms with E-state index in [1.165, 1.54) is 32.1 Å². The minimum absolute atomic E-state index is 0.0704. The fourth-order valence-electron chi connectivity index (χ4n) is 2.80. The van der Waals surface area contributed by atoms with Crippen molar-refractivity contribution in [3.05, 3.63) is 35.9 Å². The molecular formula is C16H22ClNO. The van der Waals surface area contributed by atoms with Crippen LogP contribution in [0.25, 0.3) is 0 Å². The SMILES string of the molecule is O=C(CC1CCCCC1)NC(CCl)c1ccccc1. The molecule has 3 heteroatoms. The molecule has 1 aromatic carbocycles. The van der Waals surface area contributed by atoms with Crippen molar-refractivity contribution in [2.75, 3.05) is 5.88 Å². The van der Waals surface area contributed by atoms with Gasteiger partial charge in [0.1, 0.15) is 0 Å². The van der Waals surface area contributed by atoms with Gasteiger partial charge in [-0.3, -0.25) is 4.79 Å². The van der Waals surface area contributed by atoms with E-state index < -0.39 is 0 Å². The predicted molar refractivity (Wildman–Crippen MR) is 79.2 cm³/mol. The fraction of sp³-hybridized carbons (Fsp3) is 0.562. The van der Waals surface area contributed by atoms with Crippen molar-refractivity contribution in [2.24, 2.45) is 5.92 Å². The second kappa shape index (κ2) is 7.54. The molecule has 1 amide bonds. The van der Waals surface area contributed by atoms with Gasteiger partial charge in [0.25, 0.3) is 0 Å². The normalized spacial score (nSPS) is 17.9. The molecule has 104 valence electrons. The quantitative estimate of drug-likeness (QED) is 0.810. The zero-order valence-corrected chi connectivity index (χ0v) is 12.0. The highest BCUT2D eigenvalue weighted by Crippen LogP contribution is 2.26. The Morgan fingerprint density at radius 3 is 2.53 bits per heavy atom. The van der Waals surface area contributed by atoms with E-state index >= 15 is 0 Å². The first-order chi connectivity index (χ1) is 9.29. The second-order valence-corrected chi connectivity index (χ2v) is 5.70. The first kappa shape index (κ1) is 14.4. The Morgan fingerprint density at radius 1 is 1.21 bits per heavy atom. The Bertz CT molecular complexity index is 387. The summed E-state index contributed by atoms with van der Waals surface area (Å²) in [5.41, 5.74) is 1.08. The highest BCUT2D eigenvalue weighted by atomic mass is 35.5. The van der Waals surface area contributed by atoms with Crippen molar-refractivity contribution in [1.82, 2.24) is 5.32 Å². The van der Waals surface area contributed by atoms with Crippen LogP contribution in [0, 0.1) is 5.92 Å². The lowest BCUT2D eigenvalue weighted by Crippen LogP contribution is -2.31. The van der Waals surface area contributed by atoms with Crippen LogP contribution < -0.4 is 5.32 Å². The van der Waals surface area contributed by atoms with Gasteiger partial charge in [0, 0.05) is 12.3 Å². The molecule has 2 rings (SSSR count). The molecule has 1 atom stereocenters. The Kier molecular flexibility index (Phi) is 5.71. The third kappa shape index (κ3) is 4.54. The molecule has 0 radical (unpaired) electrons. The van der Waals surface area contributed by atoms with Crippen LogP contribution in [0.1, 0.15) is 50.1 Å². The van der Waals surface area contributed by atoms with E-state index in [0.717, 1.165) is 5.56 Å². The van der Waals surface area contributed by atoms with Gasteiger partial charge in [0.2, 0.25) is 5.91 Å². The molecule has 1 N–H and O–H groups in total. The maximum Gasteiger partial charge on any atom is 0.220 e. The highest BCUT2D eigenvalue weighted by Gasteiger charge is 2.19. The number of halogens is 1. The molecule has 0 aromatic heterocycles. The molecule has 0 heterocycles. The first-order valence-electron chi connectivity index (χ1n) is 7.20. The van der Waals surface area contributed by atoms with Crippen LogP contribution in [-0.2, 0) is 4.79 Å². The molecule has 1 aliphatic carbocycles. The number of amides is 1. The topological polar surface area (TPSA) is 29.1 Å². The van der Waals surface area contributed by atoms with Gasteiger partial charge < -0.3 is 5.32 Å². The number of rotatable bonds is 5. The smallest absolute Gasteiger partial charge is 0.220 e. The van der Waals surface area contributed by atoms with Gasteiger partial charge >= 0.3 is 0 Å². The number of benzene rings is 1. The lowest BCUT2D eigenvalue weighted by atomic mass is 9.87. The Labute approximate surface area is 120 Å². The van der Waals surface area contributed by atoms with E-state index in [2.05, 4.69) is 5.32 Å². The Hall–Kier alpha value is -1.02. The average molecular weight is 280 g/mol. The van der Waals surface area contributed by atoms with Gasteiger partial charge in [0.15, 0.2) is 0 Å². The monoisotopic (exact) mass is 279 g/mol. The van der Waals surface area contributed by atoms with Crippen molar-refractivity contribution in [3.8, 4) is 0 Å². The Morgan fingerprint density at radius 2 is 1.89 bits per heavy atom. The summed E-state index contributed by atoms with van der Waals surface area (Å²) in [7, 11) is 0. The predicted octanol–water partition coefficient (Wildman–Crippen LogP) is 4.05. The molecule has 19 heavy (non-hydrogen) atoms. The summed E-state index contributed by atoms with van der Waals surface area (Å²) >= 11 is 5.97. The van der Waals surface area contributed by atoms with Crippen LogP contribution in [-0.4, -0.2) is 11.8 Å². The van der Waals surface area contributed by atoms with Crippen LogP contribution in [0.4, 0.5) is 0 Å². The van der Waals surface area contributed by atoms with Crippen LogP contribution in [0.5, 0.6) is 0 Å². The summed E-state index contributed by atoms with van der Waals surface area (Å²) in [6, 6.07) is 9.86. The van der Waals surface area contributed by atoms with Gasteiger partial charge in [-0.25, -0.2) is 0 Å². The van der Waals surface area contributed by atoms with Crippen molar-refractivity contribution in [1.29, 1.82) is 0 Å². The molecule has 0 saturated heterocycles. The van der Waals surface area contributed by atoms with E-state index in [-0.39, 0.29) is 11.9 Å². The third-order valence-corrected chi connectivity index (χ3v) is 4.20. The number of carbonyl (C=O) groups is 1. The summed E-state index contributed by atoms with van der Waals surface area (Å²) in [6.07, 6.45) is 6.92. The molecule has 0 bridgehead atoms. The van der Waals surface area contributed by atoms with Crippen molar-refractivity contribution >= 4 is 17.5 Å². The maximum atomic E-state index is 12.1. The summed E-state index contributed by atoms with van der Waals surface area (Å²) < 4.78 is 0. The number of nitrogens with one attached hydrogen (secondary N) is 1. The third-order valence-electron chi connectivity index (χ3n) is 3.89. The van der Waals surface area contributed by atoms with Crippen LogP contribution in [0.15, 0.2) is 30.3 Å². The summed E-state index contributed by atoms with van der Waals surface area (Å²) in [4.78, 5) is 12.1. The number of alkyl halides is 1. The molecule has 2 nitrogen and oxygen atoms in total. The summed E-state index contributed by atoms with van der Waals surface area (Å²) in [5.74, 6) is 1.13. The molecule has 0 spiro atoms. The summed E-state index contributed by atoms with van der Waals surface area (Å²) in [5, 5.41) is 3.06. The van der Waals surface area contributed by atoms with Crippen LogP contribution in [0.3, 0.4) is 0 Å². The molecule has 1 unspecified atom stereocenters. The van der Waals surface area contributed by atoms with E-state index in [1.807, 2.05) is 30.3 Å². The highest BCUT2D eigenvalue weighted by molar-refractivity contribution is 6.18. The first-order valence-corrected chi connectivity index (χ1v) is 7.73. The van der Waals surface area contributed by atoms with Crippen molar-refractivity contribution in [3.63, 3.8) is 0 Å². The lowest BCUT2D eigenvalue weighted by Gasteiger charge is -2.23. The molecule has 1 saturated carbocycles. The second-order valence-electron chi connectivity index (χ2n) is 5.39. The van der Waals surface area contributed by atoms with Crippen LogP contribution >= 0.6 is 11.6 Å². The number of hydrogen-bond acceptors (Lipinski definition) is 1. The fourth-order valence-corrected chi connectivity index (χ4v) is 3.06. The molecule has 1 aromatic rings. The zero-order chi connectivity index (χ0) is 13.5.